The highest BCUT2D eigenvalue weighted by Gasteiger charge is 2.16. The van der Waals surface area contributed by atoms with Gasteiger partial charge in [0.1, 0.15) is 5.82 Å². The van der Waals surface area contributed by atoms with Gasteiger partial charge in [0.2, 0.25) is 10.0 Å². The highest BCUT2D eigenvalue weighted by Crippen LogP contribution is 2.13. The first kappa shape index (κ1) is 13.6. The van der Waals surface area contributed by atoms with Crippen molar-refractivity contribution in [2.75, 3.05) is 6.54 Å². The van der Waals surface area contributed by atoms with Crippen molar-refractivity contribution in [3.05, 3.63) is 29.6 Å². The van der Waals surface area contributed by atoms with Gasteiger partial charge in [-0.15, -0.1) is 0 Å². The van der Waals surface area contributed by atoms with Crippen LogP contribution in [0.4, 0.5) is 4.39 Å². The maximum Gasteiger partial charge on any atom is 0.254 e. The molecule has 7 heteroatoms. The van der Waals surface area contributed by atoms with E-state index in [-0.39, 0.29) is 10.5 Å². The summed E-state index contributed by atoms with van der Waals surface area (Å²) < 4.78 is 35.5. The van der Waals surface area contributed by atoms with E-state index in [4.69, 9.17) is 5.14 Å². The van der Waals surface area contributed by atoms with Crippen molar-refractivity contribution in [3.63, 3.8) is 0 Å². The zero-order valence-corrected chi connectivity index (χ0v) is 10.1. The fraction of sp³-hybridized carbons (Fsp3) is 0.300. The van der Waals surface area contributed by atoms with E-state index in [1.807, 2.05) is 6.92 Å². The number of amides is 1. The molecule has 1 amide bonds. The van der Waals surface area contributed by atoms with Gasteiger partial charge in [-0.2, -0.15) is 0 Å². The Labute approximate surface area is 98.9 Å². The smallest absolute Gasteiger partial charge is 0.254 e. The number of primary sulfonamides is 1. The molecule has 3 N–H and O–H groups in total. The van der Waals surface area contributed by atoms with Crippen LogP contribution in [0.25, 0.3) is 0 Å². The SMILES string of the molecule is CCCNC(=O)c1cc(S(N)(=O)=O)ccc1F. The van der Waals surface area contributed by atoms with E-state index in [1.54, 1.807) is 0 Å². The first-order valence-corrected chi connectivity index (χ1v) is 6.51. The molecule has 0 aromatic heterocycles. The number of carbonyl (C=O) groups is 1. The van der Waals surface area contributed by atoms with Crippen LogP contribution in [-0.4, -0.2) is 20.9 Å². The molecule has 0 radical (unpaired) electrons. The molecular formula is C10H13FN2O3S. The van der Waals surface area contributed by atoms with Crippen LogP contribution in [0.15, 0.2) is 23.1 Å². The lowest BCUT2D eigenvalue weighted by molar-refractivity contribution is 0.0949. The minimum absolute atomic E-state index is 0.291. The average Bonchev–Trinajstić information content (AvgIpc) is 2.24. The summed E-state index contributed by atoms with van der Waals surface area (Å²) in [6.45, 7) is 2.23. The highest BCUT2D eigenvalue weighted by atomic mass is 32.2. The van der Waals surface area contributed by atoms with Crippen LogP contribution in [0.2, 0.25) is 0 Å². The van der Waals surface area contributed by atoms with E-state index in [9.17, 15) is 17.6 Å². The molecule has 0 atom stereocenters. The van der Waals surface area contributed by atoms with Crippen molar-refractivity contribution < 1.29 is 17.6 Å². The number of carbonyl (C=O) groups excluding carboxylic acids is 1. The van der Waals surface area contributed by atoms with Crippen molar-refractivity contribution in [2.45, 2.75) is 18.2 Å². The second-order valence-corrected chi connectivity index (χ2v) is 5.00. The molecule has 94 valence electrons. The average molecular weight is 260 g/mol. The predicted molar refractivity (Wildman–Crippen MR) is 60.4 cm³/mol. The molecule has 0 aliphatic rings. The molecule has 0 aliphatic heterocycles. The summed E-state index contributed by atoms with van der Waals surface area (Å²) in [4.78, 5) is 11.2. The molecule has 0 aliphatic carbocycles. The first-order valence-electron chi connectivity index (χ1n) is 4.96. The number of nitrogens with one attached hydrogen (secondary N) is 1. The minimum atomic E-state index is -3.94. The Morgan fingerprint density at radius 3 is 2.65 bits per heavy atom. The Kier molecular flexibility index (Phi) is 4.19. The second-order valence-electron chi connectivity index (χ2n) is 3.44. The minimum Gasteiger partial charge on any atom is -0.352 e. The fourth-order valence-corrected chi connectivity index (χ4v) is 1.73. The Hall–Kier alpha value is -1.47. The van der Waals surface area contributed by atoms with Gasteiger partial charge in [-0.3, -0.25) is 4.79 Å². The third kappa shape index (κ3) is 3.50. The predicted octanol–water partition coefficient (Wildman–Crippen LogP) is 0.613. The van der Waals surface area contributed by atoms with Gasteiger partial charge in [0, 0.05) is 6.54 Å². The number of halogens is 1. The van der Waals surface area contributed by atoms with Gasteiger partial charge in [-0.1, -0.05) is 6.92 Å². The first-order chi connectivity index (χ1) is 7.86. The number of benzene rings is 1. The van der Waals surface area contributed by atoms with Gasteiger partial charge in [-0.25, -0.2) is 17.9 Å². The topological polar surface area (TPSA) is 89.3 Å². The Bertz CT molecular complexity index is 528. The Morgan fingerprint density at radius 2 is 2.12 bits per heavy atom. The molecular weight excluding hydrogens is 247 g/mol. The lowest BCUT2D eigenvalue weighted by Crippen LogP contribution is -2.25. The summed E-state index contributed by atoms with van der Waals surface area (Å²) in [7, 11) is -3.94. The number of sulfonamides is 1. The molecule has 1 aromatic carbocycles. The van der Waals surface area contributed by atoms with Crippen molar-refractivity contribution in [1.82, 2.24) is 5.32 Å². The molecule has 1 rings (SSSR count). The third-order valence-corrected chi connectivity index (χ3v) is 2.96. The summed E-state index contributed by atoms with van der Waals surface area (Å²) in [5, 5.41) is 7.35. The lowest BCUT2D eigenvalue weighted by Gasteiger charge is -2.06. The van der Waals surface area contributed by atoms with Crippen molar-refractivity contribution in [1.29, 1.82) is 0 Å². The van der Waals surface area contributed by atoms with Crippen LogP contribution in [0.3, 0.4) is 0 Å². The zero-order valence-electron chi connectivity index (χ0n) is 9.23. The van der Waals surface area contributed by atoms with E-state index in [1.165, 1.54) is 0 Å². The zero-order chi connectivity index (χ0) is 13.1. The Balaban J connectivity index is 3.11. The van der Waals surface area contributed by atoms with Gasteiger partial charge in [0.25, 0.3) is 5.91 Å². The van der Waals surface area contributed by atoms with E-state index in [0.717, 1.165) is 18.2 Å². The molecule has 0 unspecified atom stereocenters. The van der Waals surface area contributed by atoms with E-state index < -0.39 is 21.7 Å². The third-order valence-electron chi connectivity index (χ3n) is 2.05. The molecule has 0 heterocycles. The van der Waals surface area contributed by atoms with Crippen LogP contribution >= 0.6 is 0 Å². The molecule has 0 fully saturated rings. The molecule has 0 saturated carbocycles. The lowest BCUT2D eigenvalue weighted by atomic mass is 10.2. The van der Waals surface area contributed by atoms with Crippen LogP contribution in [0, 0.1) is 5.82 Å². The number of nitrogens with two attached hydrogens (primary N) is 1. The van der Waals surface area contributed by atoms with Gasteiger partial charge in [-0.05, 0) is 24.6 Å². The van der Waals surface area contributed by atoms with E-state index in [2.05, 4.69) is 5.32 Å². The molecule has 1 aromatic rings. The molecule has 0 saturated heterocycles. The van der Waals surface area contributed by atoms with Crippen LogP contribution in [-0.2, 0) is 10.0 Å². The largest absolute Gasteiger partial charge is 0.352 e. The van der Waals surface area contributed by atoms with Crippen molar-refractivity contribution >= 4 is 15.9 Å². The van der Waals surface area contributed by atoms with Crippen LogP contribution in [0.5, 0.6) is 0 Å². The van der Waals surface area contributed by atoms with Gasteiger partial charge in [0.05, 0.1) is 10.5 Å². The molecule has 5 nitrogen and oxygen atoms in total. The van der Waals surface area contributed by atoms with Gasteiger partial charge < -0.3 is 5.32 Å². The number of rotatable bonds is 4. The maximum absolute atomic E-state index is 13.3. The van der Waals surface area contributed by atoms with Crippen LogP contribution < -0.4 is 10.5 Å². The van der Waals surface area contributed by atoms with Gasteiger partial charge >= 0.3 is 0 Å². The van der Waals surface area contributed by atoms with E-state index >= 15 is 0 Å². The Morgan fingerprint density at radius 1 is 1.47 bits per heavy atom. The molecule has 0 bridgehead atoms. The molecule has 0 spiro atoms. The second kappa shape index (κ2) is 5.24. The van der Waals surface area contributed by atoms with Crippen molar-refractivity contribution in [2.24, 2.45) is 5.14 Å². The standard InChI is InChI=1S/C10H13FN2O3S/c1-2-5-13-10(14)8-6-7(17(12,15)16)3-4-9(8)11/h3-4,6H,2,5H2,1H3,(H,13,14)(H2,12,15,16). The maximum atomic E-state index is 13.3. The summed E-state index contributed by atoms with van der Waals surface area (Å²) in [6.07, 6.45) is 0.697. The highest BCUT2D eigenvalue weighted by molar-refractivity contribution is 7.89. The number of hydrogen-bond acceptors (Lipinski definition) is 3. The fourth-order valence-electron chi connectivity index (χ4n) is 1.19. The summed E-state index contributed by atoms with van der Waals surface area (Å²) in [6, 6.07) is 2.84. The molecule has 17 heavy (non-hydrogen) atoms. The number of hydrogen-bond donors (Lipinski definition) is 2. The quantitative estimate of drug-likeness (QED) is 0.831. The van der Waals surface area contributed by atoms with Crippen molar-refractivity contribution in [3.8, 4) is 0 Å². The monoisotopic (exact) mass is 260 g/mol. The summed E-state index contributed by atoms with van der Waals surface area (Å²) >= 11 is 0. The van der Waals surface area contributed by atoms with E-state index in [0.29, 0.717) is 13.0 Å². The van der Waals surface area contributed by atoms with Crippen LogP contribution in [0.1, 0.15) is 23.7 Å². The normalized spacial score (nSPS) is 11.2. The summed E-state index contributed by atoms with van der Waals surface area (Å²) in [5.74, 6) is -1.44. The summed E-state index contributed by atoms with van der Waals surface area (Å²) in [5.41, 5.74) is -0.329. The van der Waals surface area contributed by atoms with Gasteiger partial charge in [0.15, 0.2) is 0 Å².